The normalized spacial score (nSPS) is 24.3. The zero-order valence-corrected chi connectivity index (χ0v) is 12.3. The summed E-state index contributed by atoms with van der Waals surface area (Å²) in [5.74, 6) is 0.840. The molecule has 2 aliphatic heterocycles. The first-order valence-electron chi connectivity index (χ1n) is 6.28. The molecule has 6 heteroatoms. The molecule has 0 amide bonds. The lowest BCUT2D eigenvalue weighted by molar-refractivity contribution is -0.0205. The first-order valence-corrected chi connectivity index (χ1v) is 6.28. The summed E-state index contributed by atoms with van der Waals surface area (Å²) in [7, 11) is 0. The molecular formula is C13H20Cl2N2O2. The summed E-state index contributed by atoms with van der Waals surface area (Å²) in [6.07, 6.45) is 6.89. The average Bonchev–Trinajstić information content (AvgIpc) is 2.74. The van der Waals surface area contributed by atoms with Gasteiger partial charge in [-0.3, -0.25) is 4.98 Å². The van der Waals surface area contributed by atoms with Gasteiger partial charge in [-0.1, -0.05) is 0 Å². The Hall–Kier alpha value is -0.550. The fourth-order valence-corrected chi connectivity index (χ4v) is 2.72. The van der Waals surface area contributed by atoms with Gasteiger partial charge in [-0.05, 0) is 38.1 Å². The Kier molecular flexibility index (Phi) is 6.33. The second-order valence-electron chi connectivity index (χ2n) is 4.88. The van der Waals surface area contributed by atoms with E-state index in [-0.39, 0.29) is 36.5 Å². The Bertz CT molecular complexity index is 372. The molecule has 2 aliphatic rings. The van der Waals surface area contributed by atoms with Gasteiger partial charge in [-0.2, -0.15) is 0 Å². The van der Waals surface area contributed by atoms with E-state index < -0.39 is 0 Å². The van der Waals surface area contributed by atoms with Crippen LogP contribution in [0.25, 0.3) is 0 Å². The number of pyridine rings is 1. The van der Waals surface area contributed by atoms with Gasteiger partial charge in [-0.25, -0.2) is 0 Å². The maximum absolute atomic E-state index is 5.98. The van der Waals surface area contributed by atoms with Crippen molar-refractivity contribution in [2.75, 3.05) is 19.7 Å². The van der Waals surface area contributed by atoms with E-state index in [4.69, 9.17) is 9.47 Å². The molecular weight excluding hydrogens is 287 g/mol. The lowest BCUT2D eigenvalue weighted by atomic mass is 9.89. The molecule has 0 aliphatic carbocycles. The molecule has 1 aromatic heterocycles. The first kappa shape index (κ1) is 16.5. The molecule has 4 nitrogen and oxygen atoms in total. The summed E-state index contributed by atoms with van der Waals surface area (Å²) < 4.78 is 11.9. The van der Waals surface area contributed by atoms with Gasteiger partial charge in [0.1, 0.15) is 11.9 Å². The standard InChI is InChI=1S/C13H18N2O2.2ClH/c1-2-11(9-15-5-1)17-12-8-13(16-10-12)3-6-14-7-4-13;;/h1-2,5,9,12,14H,3-4,6-8,10H2;2*1H. The van der Waals surface area contributed by atoms with E-state index in [1.807, 2.05) is 12.1 Å². The smallest absolute Gasteiger partial charge is 0.138 e. The van der Waals surface area contributed by atoms with Gasteiger partial charge in [0.25, 0.3) is 0 Å². The Morgan fingerprint density at radius 2 is 2.11 bits per heavy atom. The Balaban J connectivity index is 0.000000902. The van der Waals surface area contributed by atoms with Gasteiger partial charge in [0.05, 0.1) is 18.4 Å². The summed E-state index contributed by atoms with van der Waals surface area (Å²) in [6, 6.07) is 3.84. The molecule has 19 heavy (non-hydrogen) atoms. The van der Waals surface area contributed by atoms with Crippen molar-refractivity contribution in [1.29, 1.82) is 0 Å². The van der Waals surface area contributed by atoms with Crippen LogP contribution in [0, 0.1) is 0 Å². The van der Waals surface area contributed by atoms with E-state index in [1.165, 1.54) is 0 Å². The van der Waals surface area contributed by atoms with Crippen LogP contribution in [-0.2, 0) is 4.74 Å². The molecule has 108 valence electrons. The number of ether oxygens (including phenoxy) is 2. The van der Waals surface area contributed by atoms with E-state index in [0.29, 0.717) is 6.61 Å². The number of rotatable bonds is 2. The molecule has 0 bridgehead atoms. The van der Waals surface area contributed by atoms with Crippen LogP contribution in [0.15, 0.2) is 24.5 Å². The van der Waals surface area contributed by atoms with Crippen molar-refractivity contribution < 1.29 is 9.47 Å². The molecule has 3 heterocycles. The zero-order valence-electron chi connectivity index (χ0n) is 10.7. The molecule has 0 aromatic carbocycles. The molecule has 2 fully saturated rings. The number of aromatic nitrogens is 1. The van der Waals surface area contributed by atoms with Crippen LogP contribution in [0.4, 0.5) is 0 Å². The van der Waals surface area contributed by atoms with E-state index in [9.17, 15) is 0 Å². The predicted octanol–water partition coefficient (Wildman–Crippen LogP) is 2.22. The van der Waals surface area contributed by atoms with Crippen molar-refractivity contribution in [2.45, 2.75) is 31.0 Å². The third kappa shape index (κ3) is 3.96. The number of piperidine rings is 1. The highest BCUT2D eigenvalue weighted by Gasteiger charge is 2.42. The highest BCUT2D eigenvalue weighted by atomic mass is 35.5. The lowest BCUT2D eigenvalue weighted by Crippen LogP contribution is -2.41. The summed E-state index contributed by atoms with van der Waals surface area (Å²) in [5.41, 5.74) is 0.0676. The van der Waals surface area contributed by atoms with Crippen molar-refractivity contribution in [3.05, 3.63) is 24.5 Å². The topological polar surface area (TPSA) is 43.4 Å². The average molecular weight is 307 g/mol. The van der Waals surface area contributed by atoms with Crippen molar-refractivity contribution >= 4 is 24.8 Å². The van der Waals surface area contributed by atoms with Crippen LogP contribution in [0.3, 0.4) is 0 Å². The lowest BCUT2D eigenvalue weighted by Gasteiger charge is -2.32. The maximum Gasteiger partial charge on any atom is 0.138 e. The van der Waals surface area contributed by atoms with Gasteiger partial charge in [0.2, 0.25) is 0 Å². The highest BCUT2D eigenvalue weighted by Crippen LogP contribution is 2.35. The third-order valence-electron chi connectivity index (χ3n) is 3.63. The second-order valence-corrected chi connectivity index (χ2v) is 4.88. The van der Waals surface area contributed by atoms with E-state index >= 15 is 0 Å². The number of nitrogens with one attached hydrogen (secondary N) is 1. The van der Waals surface area contributed by atoms with E-state index in [2.05, 4.69) is 10.3 Å². The Labute approximate surface area is 126 Å². The predicted molar refractivity (Wildman–Crippen MR) is 78.6 cm³/mol. The molecule has 0 radical (unpaired) electrons. The molecule has 1 unspecified atom stereocenters. The van der Waals surface area contributed by atoms with Gasteiger partial charge in [0, 0.05) is 12.6 Å². The van der Waals surface area contributed by atoms with Crippen molar-refractivity contribution in [3.63, 3.8) is 0 Å². The van der Waals surface area contributed by atoms with E-state index in [1.54, 1.807) is 12.4 Å². The second kappa shape index (κ2) is 7.29. The Morgan fingerprint density at radius 3 is 2.79 bits per heavy atom. The quantitative estimate of drug-likeness (QED) is 0.910. The minimum absolute atomic E-state index is 0. The van der Waals surface area contributed by atoms with Crippen LogP contribution in [-0.4, -0.2) is 36.4 Å². The van der Waals surface area contributed by atoms with Crippen LogP contribution in [0.2, 0.25) is 0 Å². The van der Waals surface area contributed by atoms with Crippen molar-refractivity contribution in [1.82, 2.24) is 10.3 Å². The fourth-order valence-electron chi connectivity index (χ4n) is 2.72. The SMILES string of the molecule is Cl.Cl.c1cncc(OC2COC3(CCNCC3)C2)c1. The summed E-state index contributed by atoms with van der Waals surface area (Å²) >= 11 is 0. The van der Waals surface area contributed by atoms with Crippen LogP contribution in [0.5, 0.6) is 5.75 Å². The van der Waals surface area contributed by atoms with Crippen LogP contribution in [0.1, 0.15) is 19.3 Å². The molecule has 1 atom stereocenters. The maximum atomic E-state index is 5.98. The van der Waals surface area contributed by atoms with E-state index in [0.717, 1.165) is 38.1 Å². The summed E-state index contributed by atoms with van der Waals surface area (Å²) in [4.78, 5) is 4.05. The largest absolute Gasteiger partial charge is 0.486 e. The van der Waals surface area contributed by atoms with Crippen LogP contribution < -0.4 is 10.1 Å². The Morgan fingerprint density at radius 1 is 1.32 bits per heavy atom. The monoisotopic (exact) mass is 306 g/mol. The summed E-state index contributed by atoms with van der Waals surface area (Å²) in [5, 5.41) is 3.37. The van der Waals surface area contributed by atoms with Crippen molar-refractivity contribution in [3.8, 4) is 5.75 Å². The van der Waals surface area contributed by atoms with Crippen LogP contribution >= 0.6 is 24.8 Å². The van der Waals surface area contributed by atoms with Gasteiger partial charge < -0.3 is 14.8 Å². The molecule has 0 saturated carbocycles. The molecule has 1 spiro atoms. The van der Waals surface area contributed by atoms with Gasteiger partial charge in [-0.15, -0.1) is 24.8 Å². The minimum atomic E-state index is 0. The molecule has 2 saturated heterocycles. The number of hydrogen-bond acceptors (Lipinski definition) is 4. The van der Waals surface area contributed by atoms with Gasteiger partial charge >= 0.3 is 0 Å². The fraction of sp³-hybridized carbons (Fsp3) is 0.615. The number of halogens is 2. The summed E-state index contributed by atoms with van der Waals surface area (Å²) in [6.45, 7) is 2.81. The number of hydrogen-bond donors (Lipinski definition) is 1. The molecule has 3 rings (SSSR count). The molecule has 1 N–H and O–H groups in total. The highest BCUT2D eigenvalue weighted by molar-refractivity contribution is 5.85. The third-order valence-corrected chi connectivity index (χ3v) is 3.63. The van der Waals surface area contributed by atoms with Gasteiger partial charge in [0.15, 0.2) is 0 Å². The number of nitrogens with zero attached hydrogens (tertiary/aromatic N) is 1. The zero-order chi connectivity index (χ0) is 11.6. The minimum Gasteiger partial charge on any atom is -0.486 e. The first-order chi connectivity index (χ1) is 8.36. The van der Waals surface area contributed by atoms with Crippen molar-refractivity contribution in [2.24, 2.45) is 0 Å². The molecule has 1 aromatic rings.